The number of aryl methyl sites for hydroxylation is 4. The van der Waals surface area contributed by atoms with Crippen molar-refractivity contribution in [2.75, 3.05) is 0 Å². The van der Waals surface area contributed by atoms with Crippen molar-refractivity contribution in [3.05, 3.63) is 50.5 Å². The number of ketones is 1. The van der Waals surface area contributed by atoms with E-state index in [1.54, 1.807) is 0 Å². The van der Waals surface area contributed by atoms with E-state index in [0.717, 1.165) is 32.3 Å². The predicted octanol–water partition coefficient (Wildman–Crippen LogP) is 3.61. The molecule has 1 aromatic heterocycles. The lowest BCUT2D eigenvalue weighted by molar-refractivity contribution is 0.104. The fourth-order valence-electron chi connectivity index (χ4n) is 1.98. The van der Waals surface area contributed by atoms with Gasteiger partial charge < -0.3 is 0 Å². The molecule has 2 nitrogen and oxygen atoms in total. The van der Waals surface area contributed by atoms with Crippen LogP contribution in [0.3, 0.4) is 0 Å². The van der Waals surface area contributed by atoms with Gasteiger partial charge in [0.15, 0.2) is 0 Å². The molecule has 0 N–H and O–H groups in total. The lowest BCUT2D eigenvalue weighted by Crippen LogP contribution is -2.01. The van der Waals surface area contributed by atoms with Crippen LogP contribution in [0.2, 0.25) is 0 Å². The summed E-state index contributed by atoms with van der Waals surface area (Å²) in [6.45, 7) is 7.83. The summed E-state index contributed by atoms with van der Waals surface area (Å²) in [6.07, 6.45) is 0. The van der Waals surface area contributed by atoms with Crippen molar-refractivity contribution in [3.8, 4) is 0 Å². The first kappa shape index (κ1) is 12.0. The van der Waals surface area contributed by atoms with Crippen LogP contribution in [0.4, 0.5) is 0 Å². The highest BCUT2D eigenvalue weighted by Crippen LogP contribution is 2.22. The molecule has 0 saturated carbocycles. The van der Waals surface area contributed by atoms with E-state index in [4.69, 9.17) is 0 Å². The molecule has 0 aliphatic carbocycles. The molecule has 88 valence electrons. The van der Waals surface area contributed by atoms with Crippen LogP contribution in [0.25, 0.3) is 0 Å². The van der Waals surface area contributed by atoms with Crippen LogP contribution in [-0.2, 0) is 0 Å². The zero-order chi connectivity index (χ0) is 12.6. The van der Waals surface area contributed by atoms with Crippen LogP contribution in [0.5, 0.6) is 0 Å². The van der Waals surface area contributed by atoms with Crippen molar-refractivity contribution in [2.24, 2.45) is 0 Å². The number of hydrogen-bond acceptors (Lipinski definition) is 3. The third-order valence-corrected chi connectivity index (χ3v) is 3.67. The van der Waals surface area contributed by atoms with Crippen molar-refractivity contribution in [1.82, 2.24) is 4.98 Å². The highest BCUT2D eigenvalue weighted by atomic mass is 32.1. The molecule has 2 aromatic rings. The van der Waals surface area contributed by atoms with E-state index in [-0.39, 0.29) is 5.78 Å². The molecule has 0 radical (unpaired) electrons. The van der Waals surface area contributed by atoms with Gasteiger partial charge in [-0.15, -0.1) is 11.3 Å². The summed E-state index contributed by atoms with van der Waals surface area (Å²) in [5, 5.41) is 0.940. The molecule has 1 aromatic carbocycles. The standard InChI is InChI=1S/C14H15NOS/c1-8-5-9(2)7-12(6-8)13(16)14-10(3)15-11(4)17-14/h5-7H,1-4H3. The molecule has 17 heavy (non-hydrogen) atoms. The third kappa shape index (κ3) is 2.44. The molecule has 0 spiro atoms. The van der Waals surface area contributed by atoms with Crippen molar-refractivity contribution in [1.29, 1.82) is 0 Å². The lowest BCUT2D eigenvalue weighted by atomic mass is 10.0. The van der Waals surface area contributed by atoms with Gasteiger partial charge in [-0.05, 0) is 39.8 Å². The number of carbonyl (C=O) groups excluding carboxylic acids is 1. The zero-order valence-electron chi connectivity index (χ0n) is 10.5. The SMILES string of the molecule is Cc1cc(C)cc(C(=O)c2sc(C)nc2C)c1. The molecule has 0 aliphatic heterocycles. The fraction of sp³-hybridized carbons (Fsp3) is 0.286. The van der Waals surface area contributed by atoms with Gasteiger partial charge in [0.05, 0.1) is 15.6 Å². The van der Waals surface area contributed by atoms with Gasteiger partial charge in [0.1, 0.15) is 0 Å². The monoisotopic (exact) mass is 245 g/mol. The van der Waals surface area contributed by atoms with Gasteiger partial charge in [-0.25, -0.2) is 4.98 Å². The van der Waals surface area contributed by atoms with E-state index < -0.39 is 0 Å². The van der Waals surface area contributed by atoms with Crippen LogP contribution < -0.4 is 0 Å². The minimum atomic E-state index is 0.0832. The van der Waals surface area contributed by atoms with E-state index in [9.17, 15) is 4.79 Å². The van der Waals surface area contributed by atoms with Crippen LogP contribution in [0, 0.1) is 27.7 Å². The molecule has 0 fully saturated rings. The summed E-state index contributed by atoms with van der Waals surface area (Å²) >= 11 is 1.47. The first-order chi connectivity index (χ1) is 7.97. The van der Waals surface area contributed by atoms with E-state index >= 15 is 0 Å². The first-order valence-corrected chi connectivity index (χ1v) is 6.36. The Morgan fingerprint density at radius 1 is 1.06 bits per heavy atom. The third-order valence-electron chi connectivity index (χ3n) is 2.59. The molecule has 0 amide bonds. The summed E-state index contributed by atoms with van der Waals surface area (Å²) < 4.78 is 0. The largest absolute Gasteiger partial charge is 0.288 e. The summed E-state index contributed by atoms with van der Waals surface area (Å²) in [4.78, 5) is 17.4. The van der Waals surface area contributed by atoms with E-state index in [1.165, 1.54) is 11.3 Å². The van der Waals surface area contributed by atoms with Gasteiger partial charge in [0.25, 0.3) is 0 Å². The maximum absolute atomic E-state index is 12.4. The van der Waals surface area contributed by atoms with Crippen molar-refractivity contribution in [2.45, 2.75) is 27.7 Å². The Bertz CT molecular complexity index is 564. The lowest BCUT2D eigenvalue weighted by Gasteiger charge is -2.03. The highest BCUT2D eigenvalue weighted by molar-refractivity contribution is 7.14. The average Bonchev–Trinajstić information content (AvgIpc) is 2.55. The molecule has 0 atom stereocenters. The van der Waals surface area contributed by atoms with Crippen LogP contribution in [0.15, 0.2) is 18.2 Å². The smallest absolute Gasteiger partial charge is 0.204 e. The molecular formula is C14H15NOS. The Balaban J connectivity index is 2.47. The number of rotatable bonds is 2. The van der Waals surface area contributed by atoms with Crippen molar-refractivity contribution in [3.63, 3.8) is 0 Å². The Kier molecular flexibility index (Phi) is 3.11. The Hall–Kier alpha value is -1.48. The van der Waals surface area contributed by atoms with Crippen LogP contribution >= 0.6 is 11.3 Å². The first-order valence-electron chi connectivity index (χ1n) is 5.54. The molecule has 0 aliphatic rings. The van der Waals surface area contributed by atoms with E-state index in [2.05, 4.69) is 11.1 Å². The summed E-state index contributed by atoms with van der Waals surface area (Å²) in [6, 6.07) is 5.94. The minimum absolute atomic E-state index is 0.0832. The second kappa shape index (κ2) is 4.41. The number of aromatic nitrogens is 1. The van der Waals surface area contributed by atoms with Gasteiger partial charge in [0.2, 0.25) is 5.78 Å². The fourth-order valence-corrected chi connectivity index (χ4v) is 2.86. The zero-order valence-corrected chi connectivity index (χ0v) is 11.3. The van der Waals surface area contributed by atoms with Gasteiger partial charge in [-0.2, -0.15) is 0 Å². The number of benzene rings is 1. The minimum Gasteiger partial charge on any atom is -0.288 e. The number of carbonyl (C=O) groups is 1. The normalized spacial score (nSPS) is 10.6. The molecule has 3 heteroatoms. The van der Waals surface area contributed by atoms with Gasteiger partial charge in [-0.1, -0.05) is 17.2 Å². The number of hydrogen-bond donors (Lipinski definition) is 0. The Morgan fingerprint density at radius 2 is 1.65 bits per heavy atom. The quantitative estimate of drug-likeness (QED) is 0.756. The Labute approximate surface area is 105 Å². The summed E-state index contributed by atoms with van der Waals surface area (Å²) in [5.74, 6) is 0.0832. The molecule has 2 rings (SSSR count). The second-order valence-corrected chi connectivity index (χ2v) is 5.56. The van der Waals surface area contributed by atoms with Crippen LogP contribution in [0.1, 0.15) is 37.1 Å². The summed E-state index contributed by atoms with van der Waals surface area (Å²) in [5.41, 5.74) is 3.82. The van der Waals surface area contributed by atoms with E-state index in [0.29, 0.717) is 0 Å². The molecular weight excluding hydrogens is 230 g/mol. The van der Waals surface area contributed by atoms with Gasteiger partial charge >= 0.3 is 0 Å². The maximum atomic E-state index is 12.4. The van der Waals surface area contributed by atoms with Crippen LogP contribution in [-0.4, -0.2) is 10.8 Å². The predicted molar refractivity (Wildman–Crippen MR) is 70.9 cm³/mol. The second-order valence-electron chi connectivity index (χ2n) is 4.35. The number of nitrogens with zero attached hydrogens (tertiary/aromatic N) is 1. The number of thiazole rings is 1. The maximum Gasteiger partial charge on any atom is 0.204 e. The Morgan fingerprint density at radius 3 is 2.12 bits per heavy atom. The molecule has 0 saturated heterocycles. The van der Waals surface area contributed by atoms with Crippen molar-refractivity contribution >= 4 is 17.1 Å². The topological polar surface area (TPSA) is 30.0 Å². The molecule has 0 unspecified atom stereocenters. The van der Waals surface area contributed by atoms with Crippen molar-refractivity contribution < 1.29 is 4.79 Å². The van der Waals surface area contributed by atoms with Gasteiger partial charge in [0, 0.05) is 5.56 Å². The van der Waals surface area contributed by atoms with E-state index in [1.807, 2.05) is 39.8 Å². The summed E-state index contributed by atoms with van der Waals surface area (Å²) in [7, 11) is 0. The molecule has 0 bridgehead atoms. The van der Waals surface area contributed by atoms with Gasteiger partial charge in [-0.3, -0.25) is 4.79 Å². The molecule has 1 heterocycles. The average molecular weight is 245 g/mol. The highest BCUT2D eigenvalue weighted by Gasteiger charge is 2.16.